The minimum atomic E-state index is 0.521. The fourth-order valence-electron chi connectivity index (χ4n) is 2.85. The van der Waals surface area contributed by atoms with Crippen molar-refractivity contribution in [1.29, 1.82) is 0 Å². The molecule has 0 spiro atoms. The van der Waals surface area contributed by atoms with E-state index < -0.39 is 0 Å². The molecule has 2 N–H and O–H groups in total. The van der Waals surface area contributed by atoms with Crippen LogP contribution in [0.25, 0.3) is 0 Å². The second-order valence-corrected chi connectivity index (χ2v) is 5.14. The van der Waals surface area contributed by atoms with Gasteiger partial charge in [-0.05, 0) is 61.2 Å². The topological polar surface area (TPSA) is 24.1 Å². The highest BCUT2D eigenvalue weighted by atomic mass is 35.5. The average Bonchev–Trinajstić information content (AvgIpc) is 2.81. The first-order valence-corrected chi connectivity index (χ1v) is 6.48. The Bertz CT molecular complexity index is 397. The van der Waals surface area contributed by atoms with Crippen molar-refractivity contribution in [2.45, 2.75) is 31.8 Å². The summed E-state index contributed by atoms with van der Waals surface area (Å²) < 4.78 is 0. The van der Waals surface area contributed by atoms with Crippen LogP contribution in [-0.2, 0) is 13.0 Å². The molecule has 1 aromatic carbocycles. The number of hydrogen-bond donors (Lipinski definition) is 2. The second-order valence-electron chi connectivity index (χ2n) is 4.71. The van der Waals surface area contributed by atoms with E-state index in [0.717, 1.165) is 31.1 Å². The molecule has 0 saturated carbocycles. The zero-order valence-corrected chi connectivity index (χ0v) is 10.1. The molecule has 0 unspecified atom stereocenters. The van der Waals surface area contributed by atoms with Gasteiger partial charge >= 0.3 is 0 Å². The highest BCUT2D eigenvalue weighted by Crippen LogP contribution is 2.32. The van der Waals surface area contributed by atoms with Gasteiger partial charge in [-0.3, -0.25) is 0 Å². The predicted molar refractivity (Wildman–Crippen MR) is 66.8 cm³/mol. The molecule has 1 saturated heterocycles. The predicted octanol–water partition coefficient (Wildman–Crippen LogP) is 2.41. The molecule has 3 heteroatoms. The zero-order valence-electron chi connectivity index (χ0n) is 9.35. The highest BCUT2D eigenvalue weighted by Gasteiger charge is 2.22. The second kappa shape index (κ2) is 4.36. The Balaban J connectivity index is 2.04. The van der Waals surface area contributed by atoms with Crippen molar-refractivity contribution in [1.82, 2.24) is 10.6 Å². The molecule has 0 bridgehead atoms. The molecular formula is C13H17ClN2. The molecule has 0 aliphatic carbocycles. The van der Waals surface area contributed by atoms with E-state index in [1.54, 1.807) is 0 Å². The van der Waals surface area contributed by atoms with Crippen molar-refractivity contribution < 1.29 is 0 Å². The van der Waals surface area contributed by atoms with Gasteiger partial charge in [0.15, 0.2) is 0 Å². The largest absolute Gasteiger partial charge is 0.312 e. The SMILES string of the molecule is Clc1cc2c(c([C@@H]3CCCN3)c1)CNCC2. The fourth-order valence-corrected chi connectivity index (χ4v) is 3.10. The van der Waals surface area contributed by atoms with Crippen molar-refractivity contribution in [3.05, 3.63) is 33.8 Å². The number of halogens is 1. The minimum Gasteiger partial charge on any atom is -0.312 e. The van der Waals surface area contributed by atoms with E-state index in [-0.39, 0.29) is 0 Å². The van der Waals surface area contributed by atoms with Gasteiger partial charge in [0.25, 0.3) is 0 Å². The lowest BCUT2D eigenvalue weighted by Gasteiger charge is -2.24. The molecular weight excluding hydrogens is 220 g/mol. The van der Waals surface area contributed by atoms with Gasteiger partial charge < -0.3 is 10.6 Å². The van der Waals surface area contributed by atoms with Gasteiger partial charge in [-0.25, -0.2) is 0 Å². The number of fused-ring (bicyclic) bond motifs is 1. The number of nitrogens with one attached hydrogen (secondary N) is 2. The van der Waals surface area contributed by atoms with Gasteiger partial charge in [-0.15, -0.1) is 0 Å². The summed E-state index contributed by atoms with van der Waals surface area (Å²) in [5.74, 6) is 0. The van der Waals surface area contributed by atoms with E-state index in [9.17, 15) is 0 Å². The van der Waals surface area contributed by atoms with Crippen LogP contribution >= 0.6 is 11.6 Å². The van der Waals surface area contributed by atoms with Crippen LogP contribution in [0.15, 0.2) is 12.1 Å². The van der Waals surface area contributed by atoms with E-state index in [1.807, 2.05) is 0 Å². The first-order chi connectivity index (χ1) is 7.84. The van der Waals surface area contributed by atoms with Crippen molar-refractivity contribution in [2.24, 2.45) is 0 Å². The maximum atomic E-state index is 6.21. The molecule has 16 heavy (non-hydrogen) atoms. The molecule has 2 nitrogen and oxygen atoms in total. The van der Waals surface area contributed by atoms with Crippen LogP contribution in [0.5, 0.6) is 0 Å². The van der Waals surface area contributed by atoms with Crippen LogP contribution in [-0.4, -0.2) is 13.1 Å². The highest BCUT2D eigenvalue weighted by molar-refractivity contribution is 6.30. The van der Waals surface area contributed by atoms with Crippen LogP contribution in [0.3, 0.4) is 0 Å². The Morgan fingerprint density at radius 3 is 3.00 bits per heavy atom. The van der Waals surface area contributed by atoms with Gasteiger partial charge in [0.1, 0.15) is 0 Å². The summed E-state index contributed by atoms with van der Waals surface area (Å²) >= 11 is 6.21. The molecule has 2 heterocycles. The zero-order chi connectivity index (χ0) is 11.0. The summed E-state index contributed by atoms with van der Waals surface area (Å²) in [6.07, 6.45) is 3.63. The van der Waals surface area contributed by atoms with Crippen LogP contribution in [0.1, 0.15) is 35.6 Å². The summed E-state index contributed by atoms with van der Waals surface area (Å²) in [7, 11) is 0. The summed E-state index contributed by atoms with van der Waals surface area (Å²) in [6.45, 7) is 3.21. The van der Waals surface area contributed by atoms with E-state index in [2.05, 4.69) is 22.8 Å². The molecule has 1 aromatic rings. The molecule has 86 valence electrons. The van der Waals surface area contributed by atoms with Crippen molar-refractivity contribution in [3.8, 4) is 0 Å². The third kappa shape index (κ3) is 1.86. The Labute approximate surface area is 101 Å². The maximum Gasteiger partial charge on any atom is 0.0412 e. The third-order valence-corrected chi connectivity index (χ3v) is 3.87. The monoisotopic (exact) mass is 236 g/mol. The van der Waals surface area contributed by atoms with Crippen molar-refractivity contribution in [2.75, 3.05) is 13.1 Å². The van der Waals surface area contributed by atoms with Crippen LogP contribution in [0.2, 0.25) is 5.02 Å². The van der Waals surface area contributed by atoms with Crippen LogP contribution in [0, 0.1) is 0 Å². The Kier molecular flexibility index (Phi) is 2.88. The van der Waals surface area contributed by atoms with Gasteiger partial charge in [-0.1, -0.05) is 11.6 Å². The molecule has 3 rings (SSSR count). The lowest BCUT2D eigenvalue weighted by atomic mass is 9.91. The normalized spacial score (nSPS) is 24.4. The first-order valence-electron chi connectivity index (χ1n) is 6.10. The minimum absolute atomic E-state index is 0.521. The van der Waals surface area contributed by atoms with Gasteiger partial charge in [-0.2, -0.15) is 0 Å². The Hall–Kier alpha value is -0.570. The number of benzene rings is 1. The van der Waals surface area contributed by atoms with Gasteiger partial charge in [0.2, 0.25) is 0 Å². The van der Waals surface area contributed by atoms with Gasteiger partial charge in [0, 0.05) is 17.6 Å². The molecule has 1 atom stereocenters. The third-order valence-electron chi connectivity index (χ3n) is 3.65. The summed E-state index contributed by atoms with van der Waals surface area (Å²) in [5.41, 5.74) is 4.34. The molecule has 1 fully saturated rings. The van der Waals surface area contributed by atoms with E-state index in [1.165, 1.54) is 29.5 Å². The molecule has 0 radical (unpaired) electrons. The van der Waals surface area contributed by atoms with Crippen molar-refractivity contribution in [3.63, 3.8) is 0 Å². The van der Waals surface area contributed by atoms with E-state index >= 15 is 0 Å². The number of hydrogen-bond acceptors (Lipinski definition) is 2. The summed E-state index contributed by atoms with van der Waals surface area (Å²) in [6, 6.07) is 4.80. The molecule has 2 aliphatic rings. The summed E-state index contributed by atoms with van der Waals surface area (Å²) in [5, 5.41) is 7.91. The van der Waals surface area contributed by atoms with Crippen molar-refractivity contribution >= 4 is 11.6 Å². The Morgan fingerprint density at radius 1 is 1.25 bits per heavy atom. The van der Waals surface area contributed by atoms with Crippen LogP contribution < -0.4 is 10.6 Å². The van der Waals surface area contributed by atoms with Crippen LogP contribution in [0.4, 0.5) is 0 Å². The summed E-state index contributed by atoms with van der Waals surface area (Å²) in [4.78, 5) is 0. The van der Waals surface area contributed by atoms with E-state index in [4.69, 9.17) is 11.6 Å². The van der Waals surface area contributed by atoms with E-state index in [0.29, 0.717) is 6.04 Å². The lowest BCUT2D eigenvalue weighted by molar-refractivity contribution is 0.599. The first kappa shape index (κ1) is 10.6. The average molecular weight is 237 g/mol. The fraction of sp³-hybridized carbons (Fsp3) is 0.538. The lowest BCUT2D eigenvalue weighted by Crippen LogP contribution is -2.26. The smallest absolute Gasteiger partial charge is 0.0412 e. The molecule has 0 amide bonds. The molecule has 0 aromatic heterocycles. The standard InChI is InChI=1S/C13H17ClN2/c14-10-6-9-3-5-15-8-12(9)11(7-10)13-2-1-4-16-13/h6-7,13,15-16H,1-5,8H2/t13-/m0/s1. The maximum absolute atomic E-state index is 6.21. The quantitative estimate of drug-likeness (QED) is 0.783. The Morgan fingerprint density at radius 2 is 2.19 bits per heavy atom. The number of rotatable bonds is 1. The molecule has 2 aliphatic heterocycles. The van der Waals surface area contributed by atoms with Gasteiger partial charge in [0.05, 0.1) is 0 Å².